The van der Waals surface area contributed by atoms with Gasteiger partial charge >= 0.3 is 0 Å². The molecule has 22 heavy (non-hydrogen) atoms. The molecule has 118 valence electrons. The minimum Gasteiger partial charge on any atom is -0.496 e. The molecule has 0 aliphatic carbocycles. The smallest absolute Gasteiger partial charge is 0.123 e. The summed E-state index contributed by atoms with van der Waals surface area (Å²) in [6.07, 6.45) is 3.08. The maximum absolute atomic E-state index is 5.55. The van der Waals surface area contributed by atoms with Gasteiger partial charge in [-0.25, -0.2) is 4.98 Å². The summed E-state index contributed by atoms with van der Waals surface area (Å²) >= 11 is 1.83. The molecule has 0 spiro atoms. The molecule has 1 unspecified atom stereocenters. The predicted molar refractivity (Wildman–Crippen MR) is 90.5 cm³/mol. The van der Waals surface area contributed by atoms with Crippen LogP contribution in [0.25, 0.3) is 0 Å². The summed E-state index contributed by atoms with van der Waals surface area (Å²) in [4.78, 5) is 8.44. The second-order valence-electron chi connectivity index (χ2n) is 5.51. The molecule has 3 rings (SSSR count). The molecule has 2 aromatic rings. The van der Waals surface area contributed by atoms with Crippen LogP contribution in [0.4, 0.5) is 0 Å². The van der Waals surface area contributed by atoms with Gasteiger partial charge in [0.05, 0.1) is 19.7 Å². The molecule has 1 atom stereocenters. The molecule has 0 amide bonds. The minimum absolute atomic E-state index is 0.332. The Labute approximate surface area is 136 Å². The molecular weight excluding hydrogens is 294 g/mol. The van der Waals surface area contributed by atoms with Crippen LogP contribution in [0.3, 0.4) is 0 Å². The standard InChI is InChI=1S/C17H23N3OS/c1-3-13-10-19-17(22-13)12-20-9-8-18-11-15(20)14-6-4-5-7-16(14)21-2/h4-7,10,15,18H,3,8-9,11-12H2,1-2H3. The van der Waals surface area contributed by atoms with E-state index < -0.39 is 0 Å². The SMILES string of the molecule is CCc1cnc(CN2CCNCC2c2ccccc2OC)s1. The van der Waals surface area contributed by atoms with Gasteiger partial charge in [-0.05, 0) is 12.5 Å². The van der Waals surface area contributed by atoms with E-state index in [1.165, 1.54) is 15.4 Å². The Morgan fingerprint density at radius 2 is 2.27 bits per heavy atom. The largest absolute Gasteiger partial charge is 0.496 e. The molecule has 1 aromatic carbocycles. The Kier molecular flexibility index (Phi) is 5.08. The van der Waals surface area contributed by atoms with Gasteiger partial charge in [0.1, 0.15) is 10.8 Å². The fourth-order valence-electron chi connectivity index (χ4n) is 2.94. The van der Waals surface area contributed by atoms with Crippen molar-refractivity contribution < 1.29 is 4.74 Å². The van der Waals surface area contributed by atoms with E-state index in [0.717, 1.165) is 38.3 Å². The van der Waals surface area contributed by atoms with E-state index in [0.29, 0.717) is 6.04 Å². The molecule has 0 saturated carbocycles. The van der Waals surface area contributed by atoms with Crippen LogP contribution in [0.5, 0.6) is 5.75 Å². The van der Waals surface area contributed by atoms with Crippen molar-refractivity contribution in [3.63, 3.8) is 0 Å². The van der Waals surface area contributed by atoms with Crippen molar-refractivity contribution in [3.05, 3.63) is 45.9 Å². The van der Waals surface area contributed by atoms with Crippen LogP contribution in [0.1, 0.15) is 28.4 Å². The Balaban J connectivity index is 1.81. The molecule has 1 fully saturated rings. The van der Waals surface area contributed by atoms with Gasteiger partial charge in [0, 0.05) is 36.3 Å². The number of hydrogen-bond acceptors (Lipinski definition) is 5. The number of nitrogens with one attached hydrogen (secondary N) is 1. The molecule has 1 aliphatic heterocycles. The quantitative estimate of drug-likeness (QED) is 0.920. The summed E-state index contributed by atoms with van der Waals surface area (Å²) in [5.41, 5.74) is 1.25. The number of methoxy groups -OCH3 is 1. The van der Waals surface area contributed by atoms with Gasteiger partial charge in [-0.15, -0.1) is 11.3 Å². The first kappa shape index (κ1) is 15.5. The summed E-state index contributed by atoms with van der Waals surface area (Å²) in [6.45, 7) is 6.10. The lowest BCUT2D eigenvalue weighted by molar-refractivity contribution is 0.151. The van der Waals surface area contributed by atoms with Gasteiger partial charge in [-0.2, -0.15) is 0 Å². The van der Waals surface area contributed by atoms with Crippen molar-refractivity contribution in [3.8, 4) is 5.75 Å². The topological polar surface area (TPSA) is 37.4 Å². The molecule has 1 N–H and O–H groups in total. The number of aromatic nitrogens is 1. The van der Waals surface area contributed by atoms with E-state index in [1.807, 2.05) is 29.7 Å². The fourth-order valence-corrected chi connectivity index (χ4v) is 3.83. The molecule has 1 saturated heterocycles. The van der Waals surface area contributed by atoms with Crippen molar-refractivity contribution in [2.45, 2.75) is 25.9 Å². The summed E-state index contributed by atoms with van der Waals surface area (Å²) < 4.78 is 5.55. The molecule has 5 heteroatoms. The highest BCUT2D eigenvalue weighted by Crippen LogP contribution is 2.31. The number of para-hydroxylation sites is 1. The maximum atomic E-state index is 5.55. The van der Waals surface area contributed by atoms with Crippen molar-refractivity contribution in [1.29, 1.82) is 0 Å². The third kappa shape index (κ3) is 3.32. The average Bonchev–Trinajstić information content (AvgIpc) is 3.03. The monoisotopic (exact) mass is 317 g/mol. The second-order valence-corrected chi connectivity index (χ2v) is 6.71. The van der Waals surface area contributed by atoms with Crippen molar-refractivity contribution in [2.24, 2.45) is 0 Å². The Morgan fingerprint density at radius 1 is 1.41 bits per heavy atom. The van der Waals surface area contributed by atoms with Gasteiger partial charge in [-0.1, -0.05) is 25.1 Å². The summed E-state index contributed by atoms with van der Waals surface area (Å²) in [6, 6.07) is 8.66. The van der Waals surface area contributed by atoms with Crippen LogP contribution < -0.4 is 10.1 Å². The highest BCUT2D eigenvalue weighted by molar-refractivity contribution is 7.11. The van der Waals surface area contributed by atoms with Gasteiger partial charge in [0.2, 0.25) is 0 Å². The summed E-state index contributed by atoms with van der Waals surface area (Å²) in [5, 5.41) is 4.71. The highest BCUT2D eigenvalue weighted by Gasteiger charge is 2.26. The van der Waals surface area contributed by atoms with Crippen molar-refractivity contribution >= 4 is 11.3 Å². The maximum Gasteiger partial charge on any atom is 0.123 e. The third-order valence-corrected chi connectivity index (χ3v) is 5.27. The number of aryl methyl sites for hydroxylation is 1. The summed E-state index contributed by atoms with van der Waals surface area (Å²) in [7, 11) is 1.74. The van der Waals surface area contributed by atoms with E-state index in [4.69, 9.17) is 4.74 Å². The van der Waals surface area contributed by atoms with Gasteiger partial charge in [0.15, 0.2) is 0 Å². The number of hydrogen-bond donors (Lipinski definition) is 1. The Morgan fingerprint density at radius 3 is 3.05 bits per heavy atom. The zero-order chi connectivity index (χ0) is 15.4. The van der Waals surface area contributed by atoms with Crippen LogP contribution in [0, 0.1) is 0 Å². The van der Waals surface area contributed by atoms with Crippen molar-refractivity contribution in [1.82, 2.24) is 15.2 Å². The van der Waals surface area contributed by atoms with Crippen LogP contribution in [-0.2, 0) is 13.0 Å². The summed E-state index contributed by atoms with van der Waals surface area (Å²) in [5.74, 6) is 0.967. The number of rotatable bonds is 5. The lowest BCUT2D eigenvalue weighted by atomic mass is 10.0. The molecule has 1 aliphatic rings. The Hall–Kier alpha value is -1.43. The zero-order valence-corrected chi connectivity index (χ0v) is 14.0. The number of ether oxygens (including phenoxy) is 1. The molecule has 0 bridgehead atoms. The van der Waals surface area contributed by atoms with Gasteiger partial charge in [-0.3, -0.25) is 4.90 Å². The van der Waals surface area contributed by atoms with Crippen molar-refractivity contribution in [2.75, 3.05) is 26.7 Å². The minimum atomic E-state index is 0.332. The molecule has 1 aromatic heterocycles. The van der Waals surface area contributed by atoms with E-state index >= 15 is 0 Å². The van der Waals surface area contributed by atoms with E-state index in [1.54, 1.807) is 7.11 Å². The van der Waals surface area contributed by atoms with E-state index in [2.05, 4.69) is 34.3 Å². The lowest BCUT2D eigenvalue weighted by Gasteiger charge is -2.36. The number of thiazole rings is 1. The van der Waals surface area contributed by atoms with Crippen LogP contribution in [0.2, 0.25) is 0 Å². The predicted octanol–water partition coefficient (Wildman–Crippen LogP) is 2.86. The third-order valence-electron chi connectivity index (χ3n) is 4.14. The van der Waals surface area contributed by atoms with Crippen LogP contribution >= 0.6 is 11.3 Å². The zero-order valence-electron chi connectivity index (χ0n) is 13.2. The number of benzene rings is 1. The number of piperazine rings is 1. The van der Waals surface area contributed by atoms with E-state index in [-0.39, 0.29) is 0 Å². The van der Waals surface area contributed by atoms with Gasteiger partial charge in [0.25, 0.3) is 0 Å². The van der Waals surface area contributed by atoms with Crippen LogP contribution in [-0.4, -0.2) is 36.6 Å². The average molecular weight is 317 g/mol. The first-order valence-electron chi connectivity index (χ1n) is 7.83. The molecule has 2 heterocycles. The molecule has 0 radical (unpaired) electrons. The first-order chi connectivity index (χ1) is 10.8. The number of nitrogens with zero attached hydrogens (tertiary/aromatic N) is 2. The van der Waals surface area contributed by atoms with Crippen LogP contribution in [0.15, 0.2) is 30.5 Å². The first-order valence-corrected chi connectivity index (χ1v) is 8.64. The normalized spacial score (nSPS) is 19.3. The second kappa shape index (κ2) is 7.22. The lowest BCUT2D eigenvalue weighted by Crippen LogP contribution is -2.45. The molecular formula is C17H23N3OS. The highest BCUT2D eigenvalue weighted by atomic mass is 32.1. The van der Waals surface area contributed by atoms with E-state index in [9.17, 15) is 0 Å². The fraction of sp³-hybridized carbons (Fsp3) is 0.471. The van der Waals surface area contributed by atoms with Gasteiger partial charge < -0.3 is 10.1 Å². The Bertz CT molecular complexity index is 613. The molecule has 4 nitrogen and oxygen atoms in total.